The maximum atomic E-state index is 11.0. The first-order chi connectivity index (χ1) is 27.5. The highest BCUT2D eigenvalue weighted by molar-refractivity contribution is 5.51. The largest absolute Gasteiger partial charge is 0.504 e. The Kier molecular flexibility index (Phi) is 11.6. The summed E-state index contributed by atoms with van der Waals surface area (Å²) in [7, 11) is 0. The van der Waals surface area contributed by atoms with Crippen LogP contribution in [0.25, 0.3) is 0 Å². The van der Waals surface area contributed by atoms with Gasteiger partial charge in [0, 0.05) is 0 Å². The molecule has 0 aliphatic heterocycles. The van der Waals surface area contributed by atoms with Gasteiger partial charge in [0.2, 0.25) is 0 Å². The fraction of sp³-hybridized carbons (Fsp3) is 0.217. The first-order valence-corrected chi connectivity index (χ1v) is 18.6. The summed E-state index contributed by atoms with van der Waals surface area (Å²) in [5.74, 6) is -7.77. The van der Waals surface area contributed by atoms with Crippen LogP contribution in [0, 0.1) is 0 Å². The van der Waals surface area contributed by atoms with Crippen molar-refractivity contribution in [1.82, 2.24) is 0 Å². The van der Waals surface area contributed by atoms with Crippen LogP contribution in [0.2, 0.25) is 0 Å². The van der Waals surface area contributed by atoms with Gasteiger partial charge in [-0.1, -0.05) is 50.2 Å². The first kappa shape index (κ1) is 40.6. The molecule has 0 bridgehead atoms. The van der Waals surface area contributed by atoms with Crippen LogP contribution in [0.1, 0.15) is 95.6 Å². The zero-order valence-electron chi connectivity index (χ0n) is 31.6. The molecule has 6 aromatic rings. The highest BCUT2D eigenvalue weighted by atomic mass is 16.3. The lowest BCUT2D eigenvalue weighted by atomic mass is 9.64. The van der Waals surface area contributed by atoms with Gasteiger partial charge in [-0.25, -0.2) is 0 Å². The number of hydrogen-bond acceptors (Lipinski definition) is 12. The van der Waals surface area contributed by atoms with E-state index in [2.05, 4.69) is 0 Å². The van der Waals surface area contributed by atoms with Gasteiger partial charge in [-0.05, 0) is 155 Å². The van der Waals surface area contributed by atoms with Crippen LogP contribution in [0.5, 0.6) is 69.0 Å². The van der Waals surface area contributed by atoms with Gasteiger partial charge in [0.15, 0.2) is 69.0 Å². The fourth-order valence-electron chi connectivity index (χ4n) is 8.24. The van der Waals surface area contributed by atoms with Gasteiger partial charge < -0.3 is 61.3 Å². The number of aromatic hydroxyl groups is 12. The topological polar surface area (TPSA) is 243 Å². The smallest absolute Gasteiger partial charge is 0.157 e. The van der Waals surface area contributed by atoms with Gasteiger partial charge >= 0.3 is 0 Å². The molecule has 6 unspecified atom stereocenters. The molecule has 0 saturated heterocycles. The van der Waals surface area contributed by atoms with Crippen molar-refractivity contribution in [2.45, 2.75) is 62.2 Å². The van der Waals surface area contributed by atoms with E-state index >= 15 is 0 Å². The molecule has 0 radical (unpaired) electrons. The molecule has 6 aromatic carbocycles. The molecular weight excluding hydrogens is 744 g/mol. The SMILES string of the molecule is CC(c1ccc(O)c(O)c1)C(CCC(c1ccc(O)c(O)c1)C(c1ccc(O)c(O)c1)C(c1ccc(O)c(O)c1)C(C)c1ccc(O)c(O)c1)c1ccc(O)c(O)c1. The molecule has 58 heavy (non-hydrogen) atoms. The fourth-order valence-corrected chi connectivity index (χ4v) is 8.24. The van der Waals surface area contributed by atoms with Crippen molar-refractivity contribution in [3.05, 3.63) is 143 Å². The Morgan fingerprint density at radius 1 is 0.276 bits per heavy atom. The van der Waals surface area contributed by atoms with Crippen LogP contribution in [-0.2, 0) is 0 Å². The Bertz CT molecular complexity index is 2430. The molecule has 0 spiro atoms. The van der Waals surface area contributed by atoms with Crippen LogP contribution in [0.3, 0.4) is 0 Å². The van der Waals surface area contributed by atoms with Crippen LogP contribution in [0.15, 0.2) is 109 Å². The first-order valence-electron chi connectivity index (χ1n) is 18.6. The molecule has 0 saturated carbocycles. The number of rotatable bonds is 13. The van der Waals surface area contributed by atoms with E-state index in [1.54, 1.807) is 36.4 Å². The van der Waals surface area contributed by atoms with E-state index in [4.69, 9.17) is 0 Å². The number of phenolic OH excluding ortho intramolecular Hbond substituents is 12. The Hall–Kier alpha value is -7.08. The van der Waals surface area contributed by atoms with Gasteiger partial charge in [0.05, 0.1) is 0 Å². The van der Waals surface area contributed by atoms with Gasteiger partial charge in [0.1, 0.15) is 0 Å². The Morgan fingerprint density at radius 3 is 0.914 bits per heavy atom. The molecule has 6 atom stereocenters. The van der Waals surface area contributed by atoms with Crippen molar-refractivity contribution in [2.75, 3.05) is 0 Å². The second-order valence-electron chi connectivity index (χ2n) is 14.9. The molecule has 0 fully saturated rings. The minimum Gasteiger partial charge on any atom is -0.504 e. The molecule has 0 amide bonds. The lowest BCUT2D eigenvalue weighted by molar-refractivity contribution is 0.358. The summed E-state index contributed by atoms with van der Waals surface area (Å²) in [6.07, 6.45) is 0.618. The van der Waals surface area contributed by atoms with Gasteiger partial charge in [-0.15, -0.1) is 0 Å². The van der Waals surface area contributed by atoms with Crippen molar-refractivity contribution < 1.29 is 61.3 Å². The van der Waals surface area contributed by atoms with Crippen LogP contribution >= 0.6 is 0 Å². The van der Waals surface area contributed by atoms with Gasteiger partial charge in [-0.2, -0.15) is 0 Å². The van der Waals surface area contributed by atoms with Crippen molar-refractivity contribution in [3.8, 4) is 69.0 Å². The molecule has 12 N–H and O–H groups in total. The maximum absolute atomic E-state index is 11.0. The third-order valence-corrected chi connectivity index (χ3v) is 11.4. The molecule has 12 nitrogen and oxygen atoms in total. The normalized spacial score (nSPS) is 14.6. The summed E-state index contributed by atoms with van der Waals surface area (Å²) in [5.41, 5.74) is 3.44. The molecule has 6 rings (SSSR count). The van der Waals surface area contributed by atoms with E-state index < -0.39 is 46.8 Å². The molecule has 12 heteroatoms. The average Bonchev–Trinajstić information content (AvgIpc) is 3.19. The van der Waals surface area contributed by atoms with Crippen LogP contribution in [0.4, 0.5) is 0 Å². The van der Waals surface area contributed by atoms with Crippen molar-refractivity contribution in [3.63, 3.8) is 0 Å². The van der Waals surface area contributed by atoms with E-state index in [1.165, 1.54) is 72.8 Å². The van der Waals surface area contributed by atoms with Crippen molar-refractivity contribution in [1.29, 1.82) is 0 Å². The van der Waals surface area contributed by atoms with E-state index in [9.17, 15) is 61.3 Å². The third kappa shape index (κ3) is 8.36. The summed E-state index contributed by atoms with van der Waals surface area (Å²) in [6, 6.07) is 26.6. The number of hydrogen-bond donors (Lipinski definition) is 12. The standard InChI is InChI=1S/C46H46O12/c1-23(25-3-11-33(47)39(53)17-25)31(27-5-13-35(49)41(55)19-27)9-10-32(28-6-14-36(50)42(56)20-28)46(30-8-16-38(52)44(58)22-30)45(29-7-15-37(51)43(57)21-29)24(2)26-4-12-34(48)40(54)18-26/h3-8,11-24,31-32,45-58H,9-10H2,1-2H3. The lowest BCUT2D eigenvalue weighted by Gasteiger charge is -2.40. The summed E-state index contributed by atoms with van der Waals surface area (Å²) >= 11 is 0. The van der Waals surface area contributed by atoms with E-state index in [0.717, 1.165) is 0 Å². The quantitative estimate of drug-likeness (QED) is 0.0491. The Labute approximate surface area is 334 Å². The molecule has 0 heterocycles. The van der Waals surface area contributed by atoms with Crippen molar-refractivity contribution >= 4 is 0 Å². The predicted molar refractivity (Wildman–Crippen MR) is 216 cm³/mol. The molecule has 0 aliphatic carbocycles. The van der Waals surface area contributed by atoms with Crippen LogP contribution in [-0.4, -0.2) is 61.3 Å². The highest BCUT2D eigenvalue weighted by Gasteiger charge is 2.39. The monoisotopic (exact) mass is 790 g/mol. The Morgan fingerprint density at radius 2 is 0.534 bits per heavy atom. The maximum Gasteiger partial charge on any atom is 0.157 e. The van der Waals surface area contributed by atoms with Crippen LogP contribution < -0.4 is 0 Å². The van der Waals surface area contributed by atoms with E-state index in [0.29, 0.717) is 39.8 Å². The van der Waals surface area contributed by atoms with E-state index in [1.807, 2.05) is 13.8 Å². The molecular formula is C46H46O12. The summed E-state index contributed by atoms with van der Waals surface area (Å²) < 4.78 is 0. The second-order valence-corrected chi connectivity index (χ2v) is 14.9. The molecule has 0 aromatic heterocycles. The third-order valence-electron chi connectivity index (χ3n) is 11.4. The molecule has 302 valence electrons. The summed E-state index contributed by atoms with van der Waals surface area (Å²) in [5, 5.41) is 126. The highest BCUT2D eigenvalue weighted by Crippen LogP contribution is 2.55. The predicted octanol–water partition coefficient (Wildman–Crippen LogP) is 8.98. The molecule has 0 aliphatic rings. The lowest BCUT2D eigenvalue weighted by Crippen LogP contribution is -2.24. The second kappa shape index (κ2) is 16.6. The number of benzene rings is 6. The number of phenols is 12. The minimum absolute atomic E-state index is 0.283. The summed E-state index contributed by atoms with van der Waals surface area (Å²) in [4.78, 5) is 0. The van der Waals surface area contributed by atoms with Gasteiger partial charge in [0.25, 0.3) is 0 Å². The zero-order valence-corrected chi connectivity index (χ0v) is 31.6. The zero-order chi connectivity index (χ0) is 42.0. The van der Waals surface area contributed by atoms with Crippen molar-refractivity contribution in [2.24, 2.45) is 0 Å². The average molecular weight is 791 g/mol. The van der Waals surface area contributed by atoms with Gasteiger partial charge in [-0.3, -0.25) is 0 Å². The summed E-state index contributed by atoms with van der Waals surface area (Å²) in [6.45, 7) is 3.79. The van der Waals surface area contributed by atoms with E-state index in [-0.39, 0.29) is 64.1 Å². The minimum atomic E-state index is -0.729. The Balaban J connectivity index is 1.59.